The van der Waals surface area contributed by atoms with Gasteiger partial charge in [-0.3, -0.25) is 9.88 Å². The third-order valence-electron chi connectivity index (χ3n) is 4.80. The second-order valence-corrected chi connectivity index (χ2v) is 6.02. The third-order valence-corrected chi connectivity index (χ3v) is 4.80. The van der Waals surface area contributed by atoms with E-state index in [4.69, 9.17) is 12.8 Å². The van der Waals surface area contributed by atoms with E-state index in [1.165, 1.54) is 0 Å². The molecule has 1 fully saturated rings. The summed E-state index contributed by atoms with van der Waals surface area (Å²) in [6.45, 7) is 2.03. The largest absolute Gasteiger partial charge is 0.277 e. The standard InChI is InChI=1S/C19H17N3/c1-4-14(3)22-17-6-7-18(22)10-19(9-17,13-20)16-8-15(5-2)11-21-12-16/h1-2,6-8,11-12,14,17-18H,9-10H2,3H3/t14?,17-,18+,19?. The Labute approximate surface area is 131 Å². The van der Waals surface area contributed by atoms with Crippen LogP contribution in [0.1, 0.15) is 30.9 Å². The topological polar surface area (TPSA) is 39.9 Å². The smallest absolute Gasteiger partial charge is 0.0873 e. The molecular weight excluding hydrogens is 270 g/mol. The van der Waals surface area contributed by atoms with E-state index in [0.717, 1.165) is 18.4 Å². The van der Waals surface area contributed by atoms with E-state index in [1.54, 1.807) is 12.4 Å². The number of nitrogens with zero attached hydrogens (tertiary/aromatic N) is 3. The fourth-order valence-electron chi connectivity index (χ4n) is 3.68. The van der Waals surface area contributed by atoms with Crippen molar-refractivity contribution < 1.29 is 0 Å². The monoisotopic (exact) mass is 287 g/mol. The Morgan fingerprint density at radius 3 is 2.55 bits per heavy atom. The highest BCUT2D eigenvalue weighted by molar-refractivity contribution is 5.41. The molecule has 0 saturated carbocycles. The predicted molar refractivity (Wildman–Crippen MR) is 85.5 cm³/mol. The summed E-state index contributed by atoms with van der Waals surface area (Å²) in [6, 6.07) is 4.90. The summed E-state index contributed by atoms with van der Waals surface area (Å²) in [7, 11) is 0. The molecule has 1 aromatic heterocycles. The Bertz CT molecular complexity index is 725. The van der Waals surface area contributed by atoms with E-state index < -0.39 is 5.41 Å². The summed E-state index contributed by atoms with van der Waals surface area (Å²) in [5.74, 6) is 5.40. The number of piperidine rings is 1. The minimum absolute atomic E-state index is 0.0665. The van der Waals surface area contributed by atoms with Gasteiger partial charge in [0.2, 0.25) is 0 Å². The number of hydrogen-bond acceptors (Lipinski definition) is 3. The zero-order valence-corrected chi connectivity index (χ0v) is 12.5. The van der Waals surface area contributed by atoms with Gasteiger partial charge >= 0.3 is 0 Å². The molecule has 1 saturated heterocycles. The van der Waals surface area contributed by atoms with Crippen molar-refractivity contribution in [3.63, 3.8) is 0 Å². The van der Waals surface area contributed by atoms with Gasteiger partial charge in [0, 0.05) is 30.0 Å². The third kappa shape index (κ3) is 2.10. The van der Waals surface area contributed by atoms with Crippen molar-refractivity contribution in [2.75, 3.05) is 0 Å². The zero-order valence-electron chi connectivity index (χ0n) is 12.5. The highest BCUT2D eigenvalue weighted by Crippen LogP contribution is 2.44. The van der Waals surface area contributed by atoms with Gasteiger partial charge in [-0.1, -0.05) is 24.0 Å². The van der Waals surface area contributed by atoms with Crippen molar-refractivity contribution in [2.45, 2.75) is 43.3 Å². The van der Waals surface area contributed by atoms with Gasteiger partial charge in [-0.15, -0.1) is 12.8 Å². The van der Waals surface area contributed by atoms with E-state index in [2.05, 4.69) is 39.9 Å². The number of fused-ring (bicyclic) bond motifs is 2. The molecular formula is C19H17N3. The Morgan fingerprint density at radius 1 is 1.32 bits per heavy atom. The van der Waals surface area contributed by atoms with Crippen LogP contribution in [0.4, 0.5) is 0 Å². The van der Waals surface area contributed by atoms with Gasteiger partial charge < -0.3 is 0 Å². The summed E-state index contributed by atoms with van der Waals surface area (Å²) >= 11 is 0. The van der Waals surface area contributed by atoms with Gasteiger partial charge in [0.15, 0.2) is 0 Å². The maximum Gasteiger partial charge on any atom is 0.0873 e. The van der Waals surface area contributed by atoms with Crippen molar-refractivity contribution in [3.8, 4) is 30.8 Å². The lowest BCUT2D eigenvalue weighted by Gasteiger charge is -2.44. The van der Waals surface area contributed by atoms with Gasteiger partial charge in [0.05, 0.1) is 17.5 Å². The Morgan fingerprint density at radius 2 is 2.00 bits per heavy atom. The first-order valence-corrected chi connectivity index (χ1v) is 7.39. The van der Waals surface area contributed by atoms with E-state index in [-0.39, 0.29) is 18.1 Å². The molecule has 0 aromatic carbocycles. The lowest BCUT2D eigenvalue weighted by molar-refractivity contribution is 0.102. The Kier molecular flexibility index (Phi) is 3.50. The van der Waals surface area contributed by atoms with Gasteiger partial charge in [-0.05, 0) is 31.4 Å². The molecule has 2 aliphatic rings. The molecule has 4 atom stereocenters. The van der Waals surface area contributed by atoms with Crippen molar-refractivity contribution in [1.82, 2.24) is 9.88 Å². The van der Waals surface area contributed by atoms with Crippen LogP contribution in [0.2, 0.25) is 0 Å². The van der Waals surface area contributed by atoms with Gasteiger partial charge in [0.25, 0.3) is 0 Å². The maximum atomic E-state index is 9.89. The van der Waals surface area contributed by atoms with E-state index in [9.17, 15) is 5.26 Å². The quantitative estimate of drug-likeness (QED) is 0.619. The van der Waals surface area contributed by atoms with Crippen LogP contribution >= 0.6 is 0 Å². The summed E-state index contributed by atoms with van der Waals surface area (Å²) in [6.07, 6.45) is 20.3. The molecule has 22 heavy (non-hydrogen) atoms. The molecule has 1 aromatic rings. The van der Waals surface area contributed by atoms with Crippen LogP contribution in [0.5, 0.6) is 0 Å². The molecule has 3 heteroatoms. The fraction of sp³-hybridized carbons (Fsp3) is 0.368. The van der Waals surface area contributed by atoms with E-state index >= 15 is 0 Å². The normalized spacial score (nSPS) is 31.0. The number of aromatic nitrogens is 1. The SMILES string of the molecule is C#Cc1cncc(C2(C#N)C[C@H]3C=C[C@@H](C2)N3C(C)C#C)c1. The Balaban J connectivity index is 1.97. The summed E-state index contributed by atoms with van der Waals surface area (Å²) < 4.78 is 0. The minimum atomic E-state index is -0.552. The van der Waals surface area contributed by atoms with Gasteiger partial charge in [-0.25, -0.2) is 0 Å². The van der Waals surface area contributed by atoms with E-state index in [0.29, 0.717) is 5.56 Å². The van der Waals surface area contributed by atoms with Gasteiger partial charge in [-0.2, -0.15) is 5.26 Å². The molecule has 3 nitrogen and oxygen atoms in total. The van der Waals surface area contributed by atoms with E-state index in [1.807, 2.05) is 13.0 Å². The lowest BCUT2D eigenvalue weighted by Crippen LogP contribution is -2.52. The number of terminal acetylenes is 2. The molecule has 2 bridgehead atoms. The summed E-state index contributed by atoms with van der Waals surface area (Å²) in [5.41, 5.74) is 1.08. The number of pyridine rings is 1. The Hall–Kier alpha value is -2.54. The van der Waals surface area contributed by atoms with Crippen LogP contribution in [0.3, 0.4) is 0 Å². The highest BCUT2D eigenvalue weighted by Gasteiger charge is 2.48. The van der Waals surface area contributed by atoms with Crippen molar-refractivity contribution in [1.29, 1.82) is 5.26 Å². The molecule has 0 aliphatic carbocycles. The first-order valence-electron chi connectivity index (χ1n) is 7.39. The number of nitriles is 1. The molecule has 3 rings (SSSR count). The van der Waals surface area contributed by atoms with Crippen LogP contribution in [0.25, 0.3) is 0 Å². The van der Waals surface area contributed by atoms with Crippen LogP contribution in [-0.2, 0) is 5.41 Å². The second-order valence-electron chi connectivity index (χ2n) is 6.02. The molecule has 0 N–H and O–H groups in total. The lowest BCUT2D eigenvalue weighted by atomic mass is 9.70. The minimum Gasteiger partial charge on any atom is -0.277 e. The van der Waals surface area contributed by atoms with Gasteiger partial charge in [0.1, 0.15) is 0 Å². The van der Waals surface area contributed by atoms with Crippen LogP contribution in [-0.4, -0.2) is 28.0 Å². The first kappa shape index (κ1) is 14.4. The molecule has 0 amide bonds. The molecule has 2 aliphatic heterocycles. The maximum absolute atomic E-state index is 9.89. The number of rotatable bonds is 2. The van der Waals surface area contributed by atoms with Crippen molar-refractivity contribution in [3.05, 3.63) is 41.7 Å². The van der Waals surface area contributed by atoms with Crippen molar-refractivity contribution >= 4 is 0 Å². The molecule has 108 valence electrons. The summed E-state index contributed by atoms with van der Waals surface area (Å²) in [5, 5.41) is 9.89. The number of hydrogen-bond donors (Lipinski definition) is 0. The van der Waals surface area contributed by atoms with Crippen molar-refractivity contribution in [2.24, 2.45) is 0 Å². The van der Waals surface area contributed by atoms with Crippen LogP contribution in [0.15, 0.2) is 30.6 Å². The predicted octanol–water partition coefficient (Wildman–Crippen LogP) is 2.25. The molecule has 2 unspecified atom stereocenters. The first-order chi connectivity index (χ1) is 10.6. The molecule has 0 spiro atoms. The van der Waals surface area contributed by atoms with Crippen LogP contribution in [0, 0.1) is 36.0 Å². The average molecular weight is 287 g/mol. The van der Waals surface area contributed by atoms with Crippen LogP contribution < -0.4 is 0 Å². The second kappa shape index (κ2) is 5.34. The highest BCUT2D eigenvalue weighted by atomic mass is 15.2. The molecule has 0 radical (unpaired) electrons. The summed E-state index contributed by atoms with van der Waals surface area (Å²) in [4.78, 5) is 6.52. The average Bonchev–Trinajstić information content (AvgIpc) is 2.85. The fourth-order valence-corrected chi connectivity index (χ4v) is 3.68. The zero-order chi connectivity index (χ0) is 15.7. The molecule has 3 heterocycles.